The summed E-state index contributed by atoms with van der Waals surface area (Å²) < 4.78 is 16.4. The molecule has 0 spiro atoms. The third kappa shape index (κ3) is 32.9. The minimum Gasteiger partial charge on any atom is -0.438 e. The molecule has 0 saturated carbocycles. The second kappa shape index (κ2) is 33.9. The maximum absolute atomic E-state index is 11.6. The molecule has 20 heteroatoms. The quantitative estimate of drug-likeness (QED) is 0.0233. The first kappa shape index (κ1) is 40.4. The maximum Gasteiger partial charge on any atom is 0.408 e. The molecule has 0 aromatic heterocycles. The van der Waals surface area contributed by atoms with Crippen LogP contribution in [0.3, 0.4) is 0 Å². The predicted octanol–water partition coefficient (Wildman–Crippen LogP) is 3.04. The van der Waals surface area contributed by atoms with E-state index >= 15 is 0 Å². The Morgan fingerprint density at radius 3 is 2.10 bits per heavy atom. The molecule has 234 valence electrons. The van der Waals surface area contributed by atoms with Crippen molar-refractivity contribution in [3.05, 3.63) is 0 Å². The third-order valence-electron chi connectivity index (χ3n) is 3.48. The molecule has 0 heterocycles. The van der Waals surface area contributed by atoms with Gasteiger partial charge in [0.05, 0.1) is 58.8 Å². The van der Waals surface area contributed by atoms with E-state index < -0.39 is 16.9 Å². The Balaban J connectivity index is 3.29. The number of carbonyl (C=O) groups excluding carboxylic acids is 2. The van der Waals surface area contributed by atoms with E-state index in [-0.39, 0.29) is 30.1 Å². The molecule has 0 aromatic carbocycles. The Hall–Kier alpha value is 0.360. The molecule has 2 amide bonds. The summed E-state index contributed by atoms with van der Waals surface area (Å²) in [6.07, 6.45) is 0.834. The predicted molar refractivity (Wildman–Crippen MR) is 181 cm³/mol. The van der Waals surface area contributed by atoms with Gasteiger partial charge >= 0.3 is 6.09 Å². The molecule has 12 nitrogen and oxygen atoms in total. The number of nitrogens with one attached hydrogen (secondary N) is 2. The first-order valence-electron chi connectivity index (χ1n) is 11.7. The fourth-order valence-corrected chi connectivity index (χ4v) is 7.70. The van der Waals surface area contributed by atoms with Crippen LogP contribution in [-0.2, 0) is 25.3 Å². The van der Waals surface area contributed by atoms with Gasteiger partial charge in [0.1, 0.15) is 11.9 Å². The molecule has 0 bridgehead atoms. The van der Waals surface area contributed by atoms with Gasteiger partial charge < -0.3 is 30.5 Å². The smallest absolute Gasteiger partial charge is 0.408 e. The number of aliphatic hydroxyl groups is 2. The van der Waals surface area contributed by atoms with E-state index in [4.69, 9.17) is 24.7 Å². The van der Waals surface area contributed by atoms with Gasteiger partial charge in [-0.15, -0.1) is 70.6 Å². The molecule has 1 unspecified atom stereocenters. The first-order chi connectivity index (χ1) is 19.6. The highest BCUT2D eigenvalue weighted by molar-refractivity contribution is 8.13. The molecule has 0 radical (unpaired) electrons. The molecular weight excluding hydrogens is 681 g/mol. The van der Waals surface area contributed by atoms with E-state index in [0.717, 1.165) is 46.3 Å². The maximum atomic E-state index is 11.6. The molecule has 4 N–H and O–H groups in total. The highest BCUT2D eigenvalue weighted by atomic mass is 32.2. The summed E-state index contributed by atoms with van der Waals surface area (Å²) in [4.78, 5) is 41.0. The lowest BCUT2D eigenvalue weighted by atomic mass is 10.9. The third-order valence-corrected chi connectivity index (χ3v) is 10.9. The zero-order valence-electron chi connectivity index (χ0n) is 22.0. The first-order valence-corrected chi connectivity index (χ1v) is 21.0. The lowest BCUT2D eigenvalue weighted by Crippen LogP contribution is -2.24. The van der Waals surface area contributed by atoms with Gasteiger partial charge in [-0.3, -0.25) is 14.0 Å². The highest BCUT2D eigenvalue weighted by Gasteiger charge is 2.02. The van der Waals surface area contributed by atoms with Gasteiger partial charge in [0.25, 0.3) is 5.24 Å². The van der Waals surface area contributed by atoms with Crippen molar-refractivity contribution in [2.24, 2.45) is 9.98 Å². The fourth-order valence-electron chi connectivity index (χ4n) is 1.82. The largest absolute Gasteiger partial charge is 0.438 e. The number of thioether (sulfide) groups is 7. The Bertz CT molecular complexity index is 701. The van der Waals surface area contributed by atoms with Crippen molar-refractivity contribution in [1.29, 1.82) is 0 Å². The van der Waals surface area contributed by atoms with Crippen molar-refractivity contribution >= 4 is 116 Å². The van der Waals surface area contributed by atoms with Crippen molar-refractivity contribution in [2.45, 2.75) is 0 Å². The number of alkyl carbamates (subject to hydrolysis) is 1. The van der Waals surface area contributed by atoms with Gasteiger partial charge in [0.15, 0.2) is 0 Å². The zero-order valence-corrected chi connectivity index (χ0v) is 28.5. The van der Waals surface area contributed by atoms with Gasteiger partial charge in [-0.05, 0) is 0 Å². The molecule has 40 heavy (non-hydrogen) atoms. The summed E-state index contributed by atoms with van der Waals surface area (Å²) in [5, 5.41) is 22.6. The molecule has 1 atom stereocenters. The van der Waals surface area contributed by atoms with Crippen molar-refractivity contribution in [3.63, 3.8) is 0 Å². The number of aliphatic imine (C=N–C) groups is 2. The summed E-state index contributed by atoms with van der Waals surface area (Å²) in [5.74, 6) is 8.49. The van der Waals surface area contributed by atoms with Crippen molar-refractivity contribution < 1.29 is 38.5 Å². The molecule has 0 aliphatic carbocycles. The summed E-state index contributed by atoms with van der Waals surface area (Å²) in [6.45, 7) is -0.115. The van der Waals surface area contributed by atoms with Gasteiger partial charge in [-0.25, -0.2) is 9.79 Å². The molecule has 0 aliphatic heterocycles. The Labute approximate surface area is 268 Å². The SMILES string of the molecule is O=C(NCSCCSCN=CS(=O)CCO)OCSCCSCOOC=NCSCCSCNC(=O)SCCO. The minimum absolute atomic E-state index is 0.00369. The van der Waals surface area contributed by atoms with Gasteiger partial charge in [0, 0.05) is 40.3 Å². The van der Waals surface area contributed by atoms with Crippen LogP contribution in [0.15, 0.2) is 9.98 Å². The van der Waals surface area contributed by atoms with Crippen molar-refractivity contribution in [3.8, 4) is 0 Å². The molecule has 0 rings (SSSR count). The van der Waals surface area contributed by atoms with Crippen LogP contribution >= 0.6 is 82.3 Å². The van der Waals surface area contributed by atoms with Crippen LogP contribution in [0.4, 0.5) is 9.59 Å². The minimum atomic E-state index is -1.20. The number of rotatable bonds is 28. The monoisotopic (exact) mass is 718 g/mol. The van der Waals surface area contributed by atoms with Crippen LogP contribution in [0.5, 0.6) is 0 Å². The average molecular weight is 719 g/mol. The van der Waals surface area contributed by atoms with Crippen LogP contribution in [0, 0.1) is 0 Å². The number of nitrogens with zero attached hydrogens (tertiary/aromatic N) is 2. The molecule has 0 saturated heterocycles. The van der Waals surface area contributed by atoms with Gasteiger partial charge in [-0.1, -0.05) is 11.8 Å². The fraction of sp³-hybridized carbons (Fsp3) is 0.800. The molecule has 0 aliphatic rings. The second-order valence-electron chi connectivity index (χ2n) is 6.48. The van der Waals surface area contributed by atoms with Crippen LogP contribution in [0.25, 0.3) is 0 Å². The van der Waals surface area contributed by atoms with Crippen molar-refractivity contribution in [1.82, 2.24) is 10.6 Å². The second-order valence-corrected chi connectivity index (χ2v) is 15.4. The summed E-state index contributed by atoms with van der Waals surface area (Å²) in [5.41, 5.74) is 1.37. The van der Waals surface area contributed by atoms with Crippen LogP contribution < -0.4 is 10.6 Å². The number of aliphatic hydroxyl groups excluding tert-OH is 2. The highest BCUT2D eigenvalue weighted by Crippen LogP contribution is 2.10. The molecule has 0 fully saturated rings. The molecule has 0 aromatic rings. The van der Waals surface area contributed by atoms with E-state index in [2.05, 4.69) is 20.6 Å². The Morgan fingerprint density at radius 2 is 1.40 bits per heavy atom. The number of carbonyl (C=O) groups is 2. The number of hydrogen-bond acceptors (Lipinski definition) is 17. The van der Waals surface area contributed by atoms with E-state index in [1.165, 1.54) is 23.7 Å². The zero-order chi connectivity index (χ0) is 29.4. The lowest BCUT2D eigenvalue weighted by Gasteiger charge is -2.06. The summed E-state index contributed by atoms with van der Waals surface area (Å²) >= 11 is 10.6. The van der Waals surface area contributed by atoms with E-state index in [9.17, 15) is 13.8 Å². The van der Waals surface area contributed by atoms with E-state index in [0.29, 0.717) is 35.2 Å². The normalized spacial score (nSPS) is 12.2. The Kier molecular flexibility index (Phi) is 34.2. The number of ether oxygens (including phenoxy) is 1. The van der Waals surface area contributed by atoms with Crippen LogP contribution in [0.1, 0.15) is 0 Å². The van der Waals surface area contributed by atoms with Gasteiger partial charge in [-0.2, -0.15) is 4.89 Å². The number of amides is 2. The average Bonchev–Trinajstić information content (AvgIpc) is 2.94. The summed E-state index contributed by atoms with van der Waals surface area (Å²) in [6, 6.07) is 0. The van der Waals surface area contributed by atoms with E-state index in [1.807, 2.05) is 0 Å². The molecular formula is C20H38N4O8S8. The van der Waals surface area contributed by atoms with Crippen LogP contribution in [0.2, 0.25) is 0 Å². The standard InChI is InChI=1S/C20H38N4O8S8/c25-1-3-39-20(28)24-15-36-7-4-33-12-21-11-31-32-18-38-9-8-37-17-30-19(27)23-14-35-6-5-34-13-22-16-40(29)10-2-26/h11,16,25-26H,1-10,12-15,17-18H2,(H,23,27)(H,24,28). The van der Waals surface area contributed by atoms with Crippen molar-refractivity contribution in [2.75, 3.05) is 94.6 Å². The Morgan fingerprint density at radius 1 is 0.775 bits per heavy atom. The summed E-state index contributed by atoms with van der Waals surface area (Å²) in [7, 11) is -1.20. The topological polar surface area (TPSA) is 168 Å². The van der Waals surface area contributed by atoms with Crippen LogP contribution in [-0.4, -0.2) is 132 Å². The van der Waals surface area contributed by atoms with E-state index in [1.54, 1.807) is 58.8 Å². The number of hydrogen-bond donors (Lipinski definition) is 4. The lowest BCUT2D eigenvalue weighted by molar-refractivity contribution is -0.196. The van der Waals surface area contributed by atoms with Gasteiger partial charge in [0.2, 0.25) is 6.40 Å².